The number of aromatic nitrogens is 1. The first kappa shape index (κ1) is 14.0. The number of halogens is 2. The fourth-order valence-corrected chi connectivity index (χ4v) is 2.23. The Morgan fingerprint density at radius 1 is 1.16 bits per heavy atom. The number of hydrogen-bond acceptors (Lipinski definition) is 2. The van der Waals surface area contributed by atoms with Crippen LogP contribution in [0.4, 0.5) is 4.39 Å². The zero-order valence-electron chi connectivity index (χ0n) is 10.4. The Morgan fingerprint density at radius 3 is 2.53 bits per heavy atom. The Balaban J connectivity index is 2.05. The van der Waals surface area contributed by atoms with Crippen molar-refractivity contribution in [2.75, 3.05) is 6.61 Å². The summed E-state index contributed by atoms with van der Waals surface area (Å²) in [6.45, 7) is 0.0655. The van der Waals surface area contributed by atoms with Gasteiger partial charge in [-0.25, -0.2) is 4.39 Å². The van der Waals surface area contributed by atoms with Gasteiger partial charge in [0, 0.05) is 19.0 Å². The van der Waals surface area contributed by atoms with Gasteiger partial charge in [0.15, 0.2) is 0 Å². The first-order valence-corrected chi connectivity index (χ1v) is 6.50. The molecule has 0 fully saturated rings. The third kappa shape index (κ3) is 4.01. The standard InChI is InChI=1S/C15H15ClFNO/c16-15-9-18-6-5-13(15)8-12(10-19)7-11-1-3-14(17)4-2-11/h1-6,9,12,19H,7-8,10H2. The molecule has 19 heavy (non-hydrogen) atoms. The Hall–Kier alpha value is -1.45. The Labute approximate surface area is 116 Å². The maximum Gasteiger partial charge on any atom is 0.123 e. The highest BCUT2D eigenvalue weighted by molar-refractivity contribution is 6.31. The van der Waals surface area contributed by atoms with Crippen LogP contribution in [0.15, 0.2) is 42.7 Å². The fraction of sp³-hybridized carbons (Fsp3) is 0.267. The van der Waals surface area contributed by atoms with Gasteiger partial charge in [0.2, 0.25) is 0 Å². The normalized spacial score (nSPS) is 12.4. The number of rotatable bonds is 5. The van der Waals surface area contributed by atoms with Crippen LogP contribution in [0.5, 0.6) is 0 Å². The maximum absolute atomic E-state index is 12.8. The lowest BCUT2D eigenvalue weighted by atomic mass is 9.93. The van der Waals surface area contributed by atoms with Crippen LogP contribution in [0.2, 0.25) is 5.02 Å². The lowest BCUT2D eigenvalue weighted by Crippen LogP contribution is -2.13. The van der Waals surface area contributed by atoms with Crippen molar-refractivity contribution in [3.63, 3.8) is 0 Å². The van der Waals surface area contributed by atoms with Crippen molar-refractivity contribution in [1.82, 2.24) is 4.98 Å². The van der Waals surface area contributed by atoms with E-state index >= 15 is 0 Å². The van der Waals surface area contributed by atoms with Crippen LogP contribution in [0, 0.1) is 11.7 Å². The molecule has 0 amide bonds. The first-order chi connectivity index (χ1) is 9.19. The molecular weight excluding hydrogens is 265 g/mol. The van der Waals surface area contributed by atoms with E-state index in [0.717, 1.165) is 11.1 Å². The van der Waals surface area contributed by atoms with Gasteiger partial charge < -0.3 is 5.11 Å². The van der Waals surface area contributed by atoms with Crippen LogP contribution in [-0.2, 0) is 12.8 Å². The summed E-state index contributed by atoms with van der Waals surface area (Å²) in [7, 11) is 0. The van der Waals surface area contributed by atoms with E-state index in [4.69, 9.17) is 11.6 Å². The van der Waals surface area contributed by atoms with Crippen LogP contribution in [-0.4, -0.2) is 16.7 Å². The molecule has 0 aliphatic rings. The molecule has 0 spiro atoms. The van der Waals surface area contributed by atoms with E-state index in [0.29, 0.717) is 17.9 Å². The molecule has 4 heteroatoms. The predicted molar refractivity (Wildman–Crippen MR) is 73.6 cm³/mol. The molecule has 2 rings (SSSR count). The van der Waals surface area contributed by atoms with Crippen molar-refractivity contribution in [2.24, 2.45) is 5.92 Å². The van der Waals surface area contributed by atoms with E-state index in [2.05, 4.69) is 4.98 Å². The van der Waals surface area contributed by atoms with Gasteiger partial charge in [-0.15, -0.1) is 0 Å². The smallest absolute Gasteiger partial charge is 0.123 e. The quantitative estimate of drug-likeness (QED) is 0.911. The van der Waals surface area contributed by atoms with E-state index < -0.39 is 0 Å². The van der Waals surface area contributed by atoms with Crippen molar-refractivity contribution in [3.8, 4) is 0 Å². The zero-order valence-corrected chi connectivity index (χ0v) is 11.1. The minimum atomic E-state index is -0.249. The largest absolute Gasteiger partial charge is 0.396 e. The topological polar surface area (TPSA) is 33.1 Å². The monoisotopic (exact) mass is 279 g/mol. The molecule has 0 aliphatic carbocycles. The van der Waals surface area contributed by atoms with Crippen molar-refractivity contribution >= 4 is 11.6 Å². The van der Waals surface area contributed by atoms with Gasteiger partial charge in [-0.2, -0.15) is 0 Å². The summed E-state index contributed by atoms with van der Waals surface area (Å²) in [6.07, 6.45) is 4.65. The average Bonchev–Trinajstić information content (AvgIpc) is 2.43. The number of aliphatic hydroxyl groups excluding tert-OH is 1. The minimum Gasteiger partial charge on any atom is -0.396 e. The van der Waals surface area contributed by atoms with Gasteiger partial charge in [-0.05, 0) is 48.1 Å². The van der Waals surface area contributed by atoms with Crippen LogP contribution in [0.25, 0.3) is 0 Å². The number of pyridine rings is 1. The second-order valence-electron chi connectivity index (χ2n) is 4.55. The second kappa shape index (κ2) is 6.64. The van der Waals surface area contributed by atoms with E-state index in [9.17, 15) is 9.50 Å². The van der Waals surface area contributed by atoms with Crippen molar-refractivity contribution < 1.29 is 9.50 Å². The average molecular weight is 280 g/mol. The Morgan fingerprint density at radius 2 is 1.89 bits per heavy atom. The molecule has 1 atom stereocenters. The minimum absolute atomic E-state index is 0.0605. The SMILES string of the molecule is OCC(Cc1ccc(F)cc1)Cc1ccncc1Cl. The lowest BCUT2D eigenvalue weighted by Gasteiger charge is -2.15. The summed E-state index contributed by atoms with van der Waals surface area (Å²) in [6, 6.07) is 8.21. The van der Waals surface area contributed by atoms with E-state index in [1.165, 1.54) is 12.1 Å². The number of aliphatic hydroxyl groups is 1. The third-order valence-electron chi connectivity index (χ3n) is 3.06. The van der Waals surface area contributed by atoms with Gasteiger partial charge in [-0.3, -0.25) is 4.98 Å². The van der Waals surface area contributed by atoms with Crippen LogP contribution < -0.4 is 0 Å². The van der Waals surface area contributed by atoms with Crippen LogP contribution >= 0.6 is 11.6 Å². The molecule has 1 N–H and O–H groups in total. The summed E-state index contributed by atoms with van der Waals surface area (Å²) >= 11 is 6.06. The number of hydrogen-bond donors (Lipinski definition) is 1. The van der Waals surface area contributed by atoms with Crippen LogP contribution in [0.1, 0.15) is 11.1 Å². The molecule has 0 aliphatic heterocycles. The molecular formula is C15H15ClFNO. The van der Waals surface area contributed by atoms with Gasteiger partial charge in [0.05, 0.1) is 5.02 Å². The van der Waals surface area contributed by atoms with E-state index in [-0.39, 0.29) is 18.3 Å². The summed E-state index contributed by atoms with van der Waals surface area (Å²) in [4.78, 5) is 3.94. The molecule has 1 unspecified atom stereocenters. The highest BCUT2D eigenvalue weighted by atomic mass is 35.5. The molecule has 2 aromatic rings. The highest BCUT2D eigenvalue weighted by Gasteiger charge is 2.12. The molecule has 100 valence electrons. The Kier molecular flexibility index (Phi) is 4.88. The fourth-order valence-electron chi connectivity index (χ4n) is 2.04. The van der Waals surface area contributed by atoms with Gasteiger partial charge in [0.25, 0.3) is 0 Å². The molecule has 2 nitrogen and oxygen atoms in total. The molecule has 0 saturated heterocycles. The van der Waals surface area contributed by atoms with Gasteiger partial charge in [-0.1, -0.05) is 23.7 Å². The highest BCUT2D eigenvalue weighted by Crippen LogP contribution is 2.20. The molecule has 0 bridgehead atoms. The molecule has 1 aromatic heterocycles. The maximum atomic E-state index is 12.8. The molecule has 0 radical (unpaired) electrons. The predicted octanol–water partition coefficient (Wildman–Crippen LogP) is 3.27. The third-order valence-corrected chi connectivity index (χ3v) is 3.40. The Bertz CT molecular complexity index is 530. The lowest BCUT2D eigenvalue weighted by molar-refractivity contribution is 0.225. The van der Waals surface area contributed by atoms with E-state index in [1.807, 2.05) is 6.07 Å². The first-order valence-electron chi connectivity index (χ1n) is 6.12. The molecule has 0 saturated carbocycles. The number of nitrogens with zero attached hydrogens (tertiary/aromatic N) is 1. The van der Waals surface area contributed by atoms with Crippen LogP contribution in [0.3, 0.4) is 0 Å². The van der Waals surface area contributed by atoms with E-state index in [1.54, 1.807) is 24.5 Å². The summed E-state index contributed by atoms with van der Waals surface area (Å²) in [5, 5.41) is 10.1. The summed E-state index contributed by atoms with van der Waals surface area (Å²) < 4.78 is 12.8. The molecule has 1 heterocycles. The number of benzene rings is 1. The second-order valence-corrected chi connectivity index (χ2v) is 4.96. The van der Waals surface area contributed by atoms with Crippen molar-refractivity contribution in [2.45, 2.75) is 12.8 Å². The van der Waals surface area contributed by atoms with Crippen molar-refractivity contribution in [1.29, 1.82) is 0 Å². The summed E-state index contributed by atoms with van der Waals surface area (Å²) in [5.74, 6) is -0.188. The van der Waals surface area contributed by atoms with Gasteiger partial charge in [0.1, 0.15) is 5.82 Å². The summed E-state index contributed by atoms with van der Waals surface area (Å²) in [5.41, 5.74) is 1.98. The zero-order chi connectivity index (χ0) is 13.7. The van der Waals surface area contributed by atoms with Crippen molar-refractivity contribution in [3.05, 3.63) is 64.7 Å². The van der Waals surface area contributed by atoms with Gasteiger partial charge >= 0.3 is 0 Å². The molecule has 1 aromatic carbocycles.